The number of rotatable bonds is 5. The van der Waals surface area contributed by atoms with Crippen LogP contribution in [0.5, 0.6) is 11.5 Å². The van der Waals surface area contributed by atoms with Crippen molar-refractivity contribution in [2.75, 3.05) is 6.26 Å². The fourth-order valence-corrected chi connectivity index (χ4v) is 2.72. The van der Waals surface area contributed by atoms with E-state index in [1.807, 2.05) is 30.5 Å². The molecule has 6 heteroatoms. The van der Waals surface area contributed by atoms with Gasteiger partial charge in [0.25, 0.3) is 5.69 Å². The Bertz CT molecular complexity index is 634. The van der Waals surface area contributed by atoms with Crippen molar-refractivity contribution in [3.8, 4) is 11.5 Å². The van der Waals surface area contributed by atoms with Crippen molar-refractivity contribution < 1.29 is 9.66 Å². The molecule has 0 radical (unpaired) electrons. The number of alkyl halides is 1. The number of hydrogen-bond donors (Lipinski definition) is 0. The van der Waals surface area contributed by atoms with Crippen molar-refractivity contribution in [2.24, 2.45) is 0 Å². The predicted octanol–water partition coefficient (Wildman–Crippen LogP) is 5.00. The van der Waals surface area contributed by atoms with Gasteiger partial charge in [-0.2, -0.15) is 0 Å². The SMILES string of the molecule is CSc1ccccc1Oc1ccc([N+](=O)[O-])c(CBr)c1. The van der Waals surface area contributed by atoms with Crippen molar-refractivity contribution >= 4 is 33.4 Å². The fraction of sp³-hybridized carbons (Fsp3) is 0.143. The molecule has 2 aromatic carbocycles. The highest BCUT2D eigenvalue weighted by Crippen LogP contribution is 2.33. The first-order valence-electron chi connectivity index (χ1n) is 5.80. The molecule has 0 aliphatic rings. The Balaban J connectivity index is 2.32. The number of thioether (sulfide) groups is 1. The molecule has 104 valence electrons. The van der Waals surface area contributed by atoms with E-state index in [2.05, 4.69) is 15.9 Å². The molecule has 0 saturated heterocycles. The summed E-state index contributed by atoms with van der Waals surface area (Å²) >= 11 is 4.85. The molecule has 0 aliphatic heterocycles. The van der Waals surface area contributed by atoms with Gasteiger partial charge in [0.15, 0.2) is 0 Å². The lowest BCUT2D eigenvalue weighted by atomic mass is 10.2. The summed E-state index contributed by atoms with van der Waals surface area (Å²) in [6.45, 7) is 0. The van der Waals surface area contributed by atoms with E-state index in [0.29, 0.717) is 16.6 Å². The number of halogens is 1. The van der Waals surface area contributed by atoms with Gasteiger partial charge < -0.3 is 4.74 Å². The van der Waals surface area contributed by atoms with Gasteiger partial charge in [-0.15, -0.1) is 11.8 Å². The van der Waals surface area contributed by atoms with Gasteiger partial charge >= 0.3 is 0 Å². The summed E-state index contributed by atoms with van der Waals surface area (Å²) in [6, 6.07) is 12.4. The first-order valence-corrected chi connectivity index (χ1v) is 8.14. The van der Waals surface area contributed by atoms with Crippen LogP contribution in [0.3, 0.4) is 0 Å². The second-order valence-electron chi connectivity index (χ2n) is 3.93. The third-order valence-corrected chi connectivity index (χ3v) is 4.07. The molecular weight excluding hydrogens is 342 g/mol. The molecular formula is C14H12BrNO3S. The van der Waals surface area contributed by atoms with Crippen molar-refractivity contribution in [1.29, 1.82) is 0 Å². The second kappa shape index (κ2) is 6.76. The summed E-state index contributed by atoms with van der Waals surface area (Å²) in [5.74, 6) is 1.33. The smallest absolute Gasteiger partial charge is 0.273 e. The zero-order valence-corrected chi connectivity index (χ0v) is 13.1. The van der Waals surface area contributed by atoms with Crippen molar-refractivity contribution in [2.45, 2.75) is 10.2 Å². The number of nitrogens with zero attached hydrogens (tertiary/aromatic N) is 1. The average molecular weight is 354 g/mol. The number of nitro groups is 1. The van der Waals surface area contributed by atoms with Gasteiger partial charge in [0.05, 0.1) is 4.92 Å². The Hall–Kier alpha value is -1.53. The highest BCUT2D eigenvalue weighted by atomic mass is 79.9. The summed E-state index contributed by atoms with van der Waals surface area (Å²) < 4.78 is 5.81. The summed E-state index contributed by atoms with van der Waals surface area (Å²) in [7, 11) is 0. The van der Waals surface area contributed by atoms with E-state index in [-0.39, 0.29) is 5.69 Å². The number of para-hydroxylation sites is 1. The minimum Gasteiger partial charge on any atom is -0.456 e. The Morgan fingerprint density at radius 2 is 2.05 bits per heavy atom. The molecule has 2 aromatic rings. The Morgan fingerprint density at radius 1 is 1.30 bits per heavy atom. The van der Waals surface area contributed by atoms with Crippen molar-refractivity contribution in [1.82, 2.24) is 0 Å². The molecule has 0 aliphatic carbocycles. The molecule has 0 heterocycles. The van der Waals surface area contributed by atoms with E-state index in [0.717, 1.165) is 10.6 Å². The summed E-state index contributed by atoms with van der Waals surface area (Å²) in [5.41, 5.74) is 0.682. The predicted molar refractivity (Wildman–Crippen MR) is 84.0 cm³/mol. The number of benzene rings is 2. The Kier molecular flexibility index (Phi) is 5.03. The molecule has 0 N–H and O–H groups in total. The first-order chi connectivity index (χ1) is 9.65. The zero-order chi connectivity index (χ0) is 14.5. The van der Waals surface area contributed by atoms with E-state index in [1.165, 1.54) is 6.07 Å². The molecule has 0 bridgehead atoms. The van der Waals surface area contributed by atoms with Crippen LogP contribution < -0.4 is 4.74 Å². The van der Waals surface area contributed by atoms with Crippen molar-refractivity contribution in [3.63, 3.8) is 0 Å². The van der Waals surface area contributed by atoms with Crippen molar-refractivity contribution in [3.05, 3.63) is 58.1 Å². The quantitative estimate of drug-likeness (QED) is 0.328. The lowest BCUT2D eigenvalue weighted by Gasteiger charge is -2.10. The van der Waals surface area contributed by atoms with Crippen LogP contribution in [0.25, 0.3) is 0 Å². The van der Waals surface area contributed by atoms with Gasteiger partial charge in [-0.1, -0.05) is 28.1 Å². The van der Waals surface area contributed by atoms with Gasteiger partial charge in [-0.05, 0) is 30.5 Å². The van der Waals surface area contributed by atoms with Gasteiger partial charge in [0, 0.05) is 21.9 Å². The van der Waals surface area contributed by atoms with Gasteiger partial charge in [-0.25, -0.2) is 0 Å². The van der Waals surface area contributed by atoms with E-state index in [9.17, 15) is 10.1 Å². The maximum Gasteiger partial charge on any atom is 0.273 e. The van der Waals surface area contributed by atoms with Gasteiger partial charge in [-0.3, -0.25) is 10.1 Å². The third kappa shape index (κ3) is 3.32. The van der Waals surface area contributed by atoms with Crippen LogP contribution in [-0.4, -0.2) is 11.2 Å². The highest BCUT2D eigenvalue weighted by Gasteiger charge is 2.14. The average Bonchev–Trinajstić information content (AvgIpc) is 2.47. The van der Waals surface area contributed by atoms with Crippen LogP contribution in [0.4, 0.5) is 5.69 Å². The zero-order valence-electron chi connectivity index (χ0n) is 10.7. The Morgan fingerprint density at radius 3 is 2.70 bits per heavy atom. The maximum absolute atomic E-state index is 10.9. The summed E-state index contributed by atoms with van der Waals surface area (Å²) in [4.78, 5) is 11.5. The third-order valence-electron chi connectivity index (χ3n) is 2.69. The molecule has 0 aromatic heterocycles. The monoisotopic (exact) mass is 353 g/mol. The van der Waals surface area contributed by atoms with E-state index in [4.69, 9.17) is 4.74 Å². The minimum atomic E-state index is -0.393. The standard InChI is InChI=1S/C14H12BrNO3S/c1-20-14-5-3-2-4-13(14)19-11-6-7-12(16(17)18)10(8-11)9-15/h2-8H,9H2,1H3. The minimum absolute atomic E-state index is 0.0902. The molecule has 0 fully saturated rings. The van der Waals surface area contributed by atoms with E-state index >= 15 is 0 Å². The largest absolute Gasteiger partial charge is 0.456 e. The highest BCUT2D eigenvalue weighted by molar-refractivity contribution is 9.08. The normalized spacial score (nSPS) is 10.3. The van der Waals surface area contributed by atoms with E-state index < -0.39 is 4.92 Å². The van der Waals surface area contributed by atoms with Crippen LogP contribution in [-0.2, 0) is 5.33 Å². The fourth-order valence-electron chi connectivity index (χ4n) is 1.74. The van der Waals surface area contributed by atoms with Crippen LogP contribution in [0.15, 0.2) is 47.4 Å². The maximum atomic E-state index is 10.9. The topological polar surface area (TPSA) is 52.4 Å². The molecule has 4 nitrogen and oxygen atoms in total. The molecule has 0 amide bonds. The van der Waals surface area contributed by atoms with Crippen LogP contribution in [0, 0.1) is 10.1 Å². The molecule has 20 heavy (non-hydrogen) atoms. The molecule has 0 unspecified atom stereocenters. The number of nitro benzene ring substituents is 1. The lowest BCUT2D eigenvalue weighted by molar-refractivity contribution is -0.385. The van der Waals surface area contributed by atoms with Crippen LogP contribution in [0.1, 0.15) is 5.56 Å². The van der Waals surface area contributed by atoms with Gasteiger partial charge in [0.1, 0.15) is 11.5 Å². The van der Waals surface area contributed by atoms with Crippen LogP contribution >= 0.6 is 27.7 Å². The first kappa shape index (κ1) is 14.9. The summed E-state index contributed by atoms with van der Waals surface area (Å²) in [5, 5.41) is 11.3. The molecule has 0 atom stereocenters. The van der Waals surface area contributed by atoms with Gasteiger partial charge in [0.2, 0.25) is 0 Å². The van der Waals surface area contributed by atoms with Crippen LogP contribution in [0.2, 0.25) is 0 Å². The second-order valence-corrected chi connectivity index (χ2v) is 5.34. The lowest BCUT2D eigenvalue weighted by Crippen LogP contribution is -1.94. The van der Waals surface area contributed by atoms with E-state index in [1.54, 1.807) is 23.9 Å². The number of ether oxygens (including phenoxy) is 1. The molecule has 2 rings (SSSR count). The molecule has 0 saturated carbocycles. The summed E-state index contributed by atoms with van der Waals surface area (Å²) in [6.07, 6.45) is 1.97. The molecule has 0 spiro atoms. The number of hydrogen-bond acceptors (Lipinski definition) is 4. The Labute approximate surface area is 129 Å².